The van der Waals surface area contributed by atoms with Gasteiger partial charge in [-0.2, -0.15) is 0 Å². The number of imidazole rings is 1. The number of nitrogens with zero attached hydrogens (tertiary/aromatic N) is 2. The predicted octanol–water partition coefficient (Wildman–Crippen LogP) is 2.07. The number of amides is 1. The van der Waals surface area contributed by atoms with Gasteiger partial charge < -0.3 is 20.4 Å². The summed E-state index contributed by atoms with van der Waals surface area (Å²) in [7, 11) is 1.55. The zero-order chi connectivity index (χ0) is 15.2. The minimum atomic E-state index is -0.0752. The van der Waals surface area contributed by atoms with Gasteiger partial charge in [-0.25, -0.2) is 4.98 Å². The van der Waals surface area contributed by atoms with Gasteiger partial charge in [0, 0.05) is 43.5 Å². The summed E-state index contributed by atoms with van der Waals surface area (Å²) in [6.45, 7) is 2.64. The Morgan fingerprint density at radius 2 is 2.29 bits per heavy atom. The monoisotopic (exact) mass is 288 g/mol. The van der Waals surface area contributed by atoms with Gasteiger partial charge in [-0.05, 0) is 12.1 Å². The molecule has 0 aliphatic heterocycles. The predicted molar refractivity (Wildman–Crippen MR) is 82.3 cm³/mol. The van der Waals surface area contributed by atoms with E-state index in [1.54, 1.807) is 31.5 Å². The third-order valence-corrected chi connectivity index (χ3v) is 3.20. The molecule has 6 heteroatoms. The van der Waals surface area contributed by atoms with Crippen LogP contribution in [0.1, 0.15) is 19.2 Å². The molecule has 2 rings (SSSR count). The summed E-state index contributed by atoms with van der Waals surface area (Å²) >= 11 is 0. The standard InChI is InChI=1S/C15H20N4O2/c1-3-14-17-7-9-19(14)8-6-15(20)18-12-5-4-11(16)10-13(12)21-2/h4-5,7,9-10H,3,6,8,16H2,1-2H3,(H,18,20). The Bertz CT molecular complexity index is 622. The van der Waals surface area contributed by atoms with Crippen LogP contribution in [0.2, 0.25) is 0 Å². The first-order chi connectivity index (χ1) is 10.1. The van der Waals surface area contributed by atoms with E-state index in [4.69, 9.17) is 10.5 Å². The molecule has 6 nitrogen and oxygen atoms in total. The highest BCUT2D eigenvalue weighted by Gasteiger charge is 2.09. The second-order valence-corrected chi connectivity index (χ2v) is 4.65. The molecule has 21 heavy (non-hydrogen) atoms. The highest BCUT2D eigenvalue weighted by Crippen LogP contribution is 2.26. The molecule has 0 bridgehead atoms. The summed E-state index contributed by atoms with van der Waals surface area (Å²) < 4.78 is 7.19. The number of carbonyl (C=O) groups excluding carboxylic acids is 1. The van der Waals surface area contributed by atoms with Crippen LogP contribution < -0.4 is 15.8 Å². The van der Waals surface area contributed by atoms with Crippen molar-refractivity contribution in [3.05, 3.63) is 36.4 Å². The average Bonchev–Trinajstić information content (AvgIpc) is 2.94. The van der Waals surface area contributed by atoms with Crippen molar-refractivity contribution in [2.24, 2.45) is 0 Å². The minimum absolute atomic E-state index is 0.0752. The summed E-state index contributed by atoms with van der Waals surface area (Å²) in [6, 6.07) is 5.14. The number of hydrogen-bond donors (Lipinski definition) is 2. The fourth-order valence-corrected chi connectivity index (χ4v) is 2.10. The van der Waals surface area contributed by atoms with E-state index < -0.39 is 0 Å². The Labute approximate surface area is 123 Å². The maximum Gasteiger partial charge on any atom is 0.226 e. The van der Waals surface area contributed by atoms with E-state index >= 15 is 0 Å². The van der Waals surface area contributed by atoms with E-state index in [0.717, 1.165) is 12.2 Å². The van der Waals surface area contributed by atoms with Gasteiger partial charge in [-0.3, -0.25) is 4.79 Å². The lowest BCUT2D eigenvalue weighted by Crippen LogP contribution is -2.15. The van der Waals surface area contributed by atoms with Crippen LogP contribution in [-0.4, -0.2) is 22.6 Å². The number of hydrogen-bond acceptors (Lipinski definition) is 4. The molecular weight excluding hydrogens is 268 g/mol. The van der Waals surface area contributed by atoms with Crippen LogP contribution >= 0.6 is 0 Å². The number of nitrogen functional groups attached to an aromatic ring is 1. The average molecular weight is 288 g/mol. The van der Waals surface area contributed by atoms with Crippen molar-refractivity contribution in [2.75, 3.05) is 18.2 Å². The third-order valence-electron chi connectivity index (χ3n) is 3.20. The normalized spacial score (nSPS) is 10.4. The second kappa shape index (κ2) is 6.78. The van der Waals surface area contributed by atoms with E-state index in [9.17, 15) is 4.79 Å². The molecule has 2 aromatic rings. The summed E-state index contributed by atoms with van der Waals surface area (Å²) in [5, 5.41) is 2.84. The van der Waals surface area contributed by atoms with Crippen LogP contribution in [0.5, 0.6) is 5.75 Å². The highest BCUT2D eigenvalue weighted by molar-refractivity contribution is 5.92. The number of aryl methyl sites for hydroxylation is 2. The third kappa shape index (κ3) is 3.75. The number of aromatic nitrogens is 2. The van der Waals surface area contributed by atoms with Gasteiger partial charge in [0.15, 0.2) is 0 Å². The fourth-order valence-electron chi connectivity index (χ4n) is 2.10. The number of anilines is 2. The molecule has 0 aliphatic rings. The first kappa shape index (κ1) is 14.9. The largest absolute Gasteiger partial charge is 0.494 e. The lowest BCUT2D eigenvalue weighted by molar-refractivity contribution is -0.116. The Morgan fingerprint density at radius 3 is 3.00 bits per heavy atom. The molecule has 1 aromatic heterocycles. The molecule has 1 amide bonds. The molecule has 0 fully saturated rings. The van der Waals surface area contributed by atoms with Crippen LogP contribution in [0.25, 0.3) is 0 Å². The number of benzene rings is 1. The van der Waals surface area contributed by atoms with E-state index in [0.29, 0.717) is 30.1 Å². The SMILES string of the molecule is CCc1nccn1CCC(=O)Nc1ccc(N)cc1OC. The highest BCUT2D eigenvalue weighted by atomic mass is 16.5. The molecule has 0 atom stereocenters. The second-order valence-electron chi connectivity index (χ2n) is 4.65. The molecule has 0 aliphatic carbocycles. The molecule has 0 unspecified atom stereocenters. The lowest BCUT2D eigenvalue weighted by atomic mass is 10.2. The van der Waals surface area contributed by atoms with E-state index in [1.807, 2.05) is 17.7 Å². The summed E-state index contributed by atoms with van der Waals surface area (Å²) in [5.74, 6) is 1.46. The molecule has 1 heterocycles. The van der Waals surface area contributed by atoms with Gasteiger partial charge >= 0.3 is 0 Å². The van der Waals surface area contributed by atoms with Crippen molar-refractivity contribution in [3.8, 4) is 5.75 Å². The molecule has 0 spiro atoms. The van der Waals surface area contributed by atoms with Crippen LogP contribution in [0, 0.1) is 0 Å². The Morgan fingerprint density at radius 1 is 1.48 bits per heavy atom. The zero-order valence-corrected chi connectivity index (χ0v) is 12.3. The summed E-state index contributed by atoms with van der Waals surface area (Å²) in [4.78, 5) is 16.3. The topological polar surface area (TPSA) is 82.2 Å². The summed E-state index contributed by atoms with van der Waals surface area (Å²) in [5.41, 5.74) is 6.90. The van der Waals surface area contributed by atoms with Crippen LogP contribution in [-0.2, 0) is 17.8 Å². The van der Waals surface area contributed by atoms with Gasteiger partial charge in [-0.1, -0.05) is 6.92 Å². The Hall–Kier alpha value is -2.50. The quantitative estimate of drug-likeness (QED) is 0.797. The fraction of sp³-hybridized carbons (Fsp3) is 0.333. The molecule has 3 N–H and O–H groups in total. The molecule has 1 aromatic carbocycles. The number of rotatable bonds is 6. The maximum atomic E-state index is 12.0. The van der Waals surface area contributed by atoms with Gasteiger partial charge in [0.05, 0.1) is 12.8 Å². The number of nitrogens with two attached hydrogens (primary N) is 1. The van der Waals surface area contributed by atoms with Crippen molar-refractivity contribution >= 4 is 17.3 Å². The van der Waals surface area contributed by atoms with Crippen molar-refractivity contribution in [3.63, 3.8) is 0 Å². The van der Waals surface area contributed by atoms with Crippen LogP contribution in [0.15, 0.2) is 30.6 Å². The summed E-state index contributed by atoms with van der Waals surface area (Å²) in [6.07, 6.45) is 4.85. The van der Waals surface area contributed by atoms with E-state index in [2.05, 4.69) is 10.3 Å². The molecule has 0 saturated heterocycles. The maximum absolute atomic E-state index is 12.0. The van der Waals surface area contributed by atoms with Gasteiger partial charge in [0.2, 0.25) is 5.91 Å². The molecule has 0 saturated carbocycles. The first-order valence-electron chi connectivity index (χ1n) is 6.87. The molecular formula is C15H20N4O2. The van der Waals surface area contributed by atoms with Crippen molar-refractivity contribution in [2.45, 2.75) is 26.3 Å². The minimum Gasteiger partial charge on any atom is -0.494 e. The van der Waals surface area contributed by atoms with Crippen LogP contribution in [0.4, 0.5) is 11.4 Å². The van der Waals surface area contributed by atoms with Crippen LogP contribution in [0.3, 0.4) is 0 Å². The number of nitrogens with one attached hydrogen (secondary N) is 1. The number of ether oxygens (including phenoxy) is 1. The Balaban J connectivity index is 1.96. The zero-order valence-electron chi connectivity index (χ0n) is 12.3. The van der Waals surface area contributed by atoms with Crippen molar-refractivity contribution in [1.29, 1.82) is 0 Å². The van der Waals surface area contributed by atoms with Gasteiger partial charge in [0.25, 0.3) is 0 Å². The Kier molecular flexibility index (Phi) is 4.81. The molecule has 112 valence electrons. The smallest absolute Gasteiger partial charge is 0.226 e. The van der Waals surface area contributed by atoms with E-state index in [1.165, 1.54) is 0 Å². The number of carbonyl (C=O) groups is 1. The lowest BCUT2D eigenvalue weighted by Gasteiger charge is -2.11. The van der Waals surface area contributed by atoms with E-state index in [-0.39, 0.29) is 5.91 Å². The number of methoxy groups -OCH3 is 1. The molecule has 0 radical (unpaired) electrons. The first-order valence-corrected chi connectivity index (χ1v) is 6.87. The van der Waals surface area contributed by atoms with Gasteiger partial charge in [-0.15, -0.1) is 0 Å². The van der Waals surface area contributed by atoms with Crippen molar-refractivity contribution in [1.82, 2.24) is 9.55 Å². The van der Waals surface area contributed by atoms with Crippen molar-refractivity contribution < 1.29 is 9.53 Å². The van der Waals surface area contributed by atoms with Gasteiger partial charge in [0.1, 0.15) is 11.6 Å².